The number of halogens is 2. The second kappa shape index (κ2) is 9.27. The maximum Gasteiger partial charge on any atom is 0.333 e. The second-order valence-corrected chi connectivity index (χ2v) is 7.98. The van der Waals surface area contributed by atoms with Gasteiger partial charge < -0.3 is 15.3 Å². The SMILES string of the molecule is CCN(CCO)c1ccc(NC(=O)NS(=O)(=O)c2cc(Cl)ccc2Cl)cc1. The van der Waals surface area contributed by atoms with Gasteiger partial charge in [0.15, 0.2) is 0 Å². The van der Waals surface area contributed by atoms with E-state index < -0.39 is 16.1 Å². The summed E-state index contributed by atoms with van der Waals surface area (Å²) in [6.45, 7) is 3.19. The van der Waals surface area contributed by atoms with E-state index in [0.29, 0.717) is 18.8 Å². The zero-order chi connectivity index (χ0) is 20.0. The fourth-order valence-electron chi connectivity index (χ4n) is 2.36. The summed E-state index contributed by atoms with van der Waals surface area (Å²) in [5.41, 5.74) is 1.28. The van der Waals surface area contributed by atoms with Crippen LogP contribution in [0.4, 0.5) is 16.2 Å². The third kappa shape index (κ3) is 5.74. The van der Waals surface area contributed by atoms with Crippen LogP contribution in [0.2, 0.25) is 10.0 Å². The molecule has 2 aromatic carbocycles. The third-order valence-electron chi connectivity index (χ3n) is 3.65. The topological polar surface area (TPSA) is 98.7 Å². The Balaban J connectivity index is 2.08. The maximum atomic E-state index is 12.3. The number of nitrogens with one attached hydrogen (secondary N) is 2. The van der Waals surface area contributed by atoms with Gasteiger partial charge in [-0.3, -0.25) is 0 Å². The van der Waals surface area contributed by atoms with Crippen LogP contribution in [0.25, 0.3) is 0 Å². The van der Waals surface area contributed by atoms with Crippen LogP contribution in [-0.2, 0) is 10.0 Å². The normalized spacial score (nSPS) is 11.1. The summed E-state index contributed by atoms with van der Waals surface area (Å²) in [7, 11) is -4.18. The molecule has 2 aromatic rings. The first-order valence-electron chi connectivity index (χ1n) is 8.01. The number of aliphatic hydroxyl groups excluding tert-OH is 1. The molecular weight excluding hydrogens is 413 g/mol. The van der Waals surface area contributed by atoms with Crippen LogP contribution in [-0.4, -0.2) is 39.3 Å². The monoisotopic (exact) mass is 431 g/mol. The number of carbonyl (C=O) groups is 1. The van der Waals surface area contributed by atoms with Crippen molar-refractivity contribution in [3.8, 4) is 0 Å². The Hall–Kier alpha value is -2.00. The first-order valence-corrected chi connectivity index (χ1v) is 10.3. The number of anilines is 2. The molecule has 0 atom stereocenters. The Morgan fingerprint density at radius 1 is 1.15 bits per heavy atom. The number of benzene rings is 2. The molecule has 0 bridgehead atoms. The van der Waals surface area contributed by atoms with E-state index >= 15 is 0 Å². The predicted octanol–water partition coefficient (Wildman–Crippen LogP) is 3.32. The van der Waals surface area contributed by atoms with E-state index in [4.69, 9.17) is 28.3 Å². The molecule has 0 fully saturated rings. The van der Waals surface area contributed by atoms with Gasteiger partial charge in [0.2, 0.25) is 0 Å². The van der Waals surface area contributed by atoms with Crippen LogP contribution < -0.4 is 14.9 Å². The summed E-state index contributed by atoms with van der Waals surface area (Å²) in [6, 6.07) is 9.80. The van der Waals surface area contributed by atoms with Crippen molar-refractivity contribution in [2.45, 2.75) is 11.8 Å². The molecule has 0 aliphatic heterocycles. The van der Waals surface area contributed by atoms with Crippen molar-refractivity contribution in [3.63, 3.8) is 0 Å². The number of rotatable bonds is 7. The first kappa shape index (κ1) is 21.3. The maximum absolute atomic E-state index is 12.3. The standard InChI is InChI=1S/C17H19Cl2N3O4S/c1-2-22(9-10-23)14-6-4-13(5-7-14)20-17(24)21-27(25,26)16-11-12(18)3-8-15(16)19/h3-8,11,23H,2,9-10H2,1H3,(H2,20,21,24). The molecule has 0 saturated carbocycles. The predicted molar refractivity (Wildman–Crippen MR) is 107 cm³/mol. The molecule has 0 radical (unpaired) electrons. The first-order chi connectivity index (χ1) is 12.8. The number of aliphatic hydroxyl groups is 1. The van der Waals surface area contributed by atoms with Gasteiger partial charge in [0.25, 0.3) is 10.0 Å². The van der Waals surface area contributed by atoms with Gasteiger partial charge >= 0.3 is 6.03 Å². The fraction of sp³-hybridized carbons (Fsp3) is 0.235. The van der Waals surface area contributed by atoms with Crippen molar-refractivity contribution in [2.75, 3.05) is 29.9 Å². The lowest BCUT2D eigenvalue weighted by Crippen LogP contribution is -2.34. The molecule has 7 nitrogen and oxygen atoms in total. The zero-order valence-electron chi connectivity index (χ0n) is 14.4. The Bertz CT molecular complexity index is 905. The lowest BCUT2D eigenvalue weighted by molar-refractivity contribution is 0.256. The third-order valence-corrected chi connectivity index (χ3v) is 5.70. The van der Waals surface area contributed by atoms with Crippen molar-refractivity contribution in [2.24, 2.45) is 0 Å². The summed E-state index contributed by atoms with van der Waals surface area (Å²) in [5, 5.41) is 11.6. The summed E-state index contributed by atoms with van der Waals surface area (Å²) in [5.74, 6) is 0. The Morgan fingerprint density at radius 2 is 1.81 bits per heavy atom. The molecule has 0 spiro atoms. The van der Waals surface area contributed by atoms with E-state index in [-0.39, 0.29) is 21.5 Å². The molecular formula is C17H19Cl2N3O4S. The fourth-order valence-corrected chi connectivity index (χ4v) is 4.03. The van der Waals surface area contributed by atoms with Crippen molar-refractivity contribution in [1.29, 1.82) is 0 Å². The van der Waals surface area contributed by atoms with Gasteiger partial charge in [0.1, 0.15) is 4.90 Å². The number of nitrogens with zero attached hydrogens (tertiary/aromatic N) is 1. The van der Waals surface area contributed by atoms with Gasteiger partial charge in [-0.2, -0.15) is 0 Å². The average molecular weight is 432 g/mol. The highest BCUT2D eigenvalue weighted by molar-refractivity contribution is 7.90. The van der Waals surface area contributed by atoms with Crippen LogP contribution in [0, 0.1) is 0 Å². The summed E-state index contributed by atoms with van der Waals surface area (Å²) in [4.78, 5) is 13.7. The number of hydrogen-bond donors (Lipinski definition) is 3. The number of carbonyl (C=O) groups excluding carboxylic acids is 1. The zero-order valence-corrected chi connectivity index (χ0v) is 16.8. The van der Waals surface area contributed by atoms with Crippen molar-refractivity contribution >= 4 is 50.6 Å². The van der Waals surface area contributed by atoms with E-state index in [9.17, 15) is 13.2 Å². The quantitative estimate of drug-likeness (QED) is 0.624. The molecule has 0 heterocycles. The lowest BCUT2D eigenvalue weighted by Gasteiger charge is -2.22. The molecule has 0 unspecified atom stereocenters. The van der Waals surface area contributed by atoms with Gasteiger partial charge in [0, 0.05) is 29.5 Å². The van der Waals surface area contributed by atoms with Gasteiger partial charge in [0.05, 0.1) is 11.6 Å². The van der Waals surface area contributed by atoms with Gasteiger partial charge in [-0.1, -0.05) is 23.2 Å². The molecule has 0 aliphatic carbocycles. The highest BCUT2D eigenvalue weighted by Crippen LogP contribution is 2.25. The molecule has 27 heavy (non-hydrogen) atoms. The largest absolute Gasteiger partial charge is 0.395 e. The highest BCUT2D eigenvalue weighted by Gasteiger charge is 2.21. The summed E-state index contributed by atoms with van der Waals surface area (Å²) >= 11 is 11.7. The number of amides is 2. The van der Waals surface area contributed by atoms with Gasteiger partial charge in [-0.15, -0.1) is 0 Å². The van der Waals surface area contributed by atoms with Crippen LogP contribution in [0.15, 0.2) is 47.4 Å². The number of urea groups is 1. The average Bonchev–Trinajstić information content (AvgIpc) is 2.62. The summed E-state index contributed by atoms with van der Waals surface area (Å²) in [6.07, 6.45) is 0. The van der Waals surface area contributed by atoms with E-state index in [0.717, 1.165) is 11.8 Å². The Morgan fingerprint density at radius 3 is 2.41 bits per heavy atom. The number of hydrogen-bond acceptors (Lipinski definition) is 5. The smallest absolute Gasteiger partial charge is 0.333 e. The van der Waals surface area contributed by atoms with E-state index in [1.807, 2.05) is 16.5 Å². The molecule has 0 saturated heterocycles. The minimum Gasteiger partial charge on any atom is -0.395 e. The van der Waals surface area contributed by atoms with Gasteiger partial charge in [-0.05, 0) is 49.4 Å². The van der Waals surface area contributed by atoms with Gasteiger partial charge in [-0.25, -0.2) is 17.9 Å². The number of likely N-dealkylation sites (N-methyl/N-ethyl adjacent to an activating group) is 1. The second-order valence-electron chi connectivity index (χ2n) is 5.48. The van der Waals surface area contributed by atoms with Crippen molar-refractivity contribution in [1.82, 2.24) is 4.72 Å². The van der Waals surface area contributed by atoms with E-state index in [1.165, 1.54) is 12.1 Å². The van der Waals surface area contributed by atoms with Crippen molar-refractivity contribution < 1.29 is 18.3 Å². The molecule has 146 valence electrons. The minimum atomic E-state index is -4.18. The summed E-state index contributed by atoms with van der Waals surface area (Å²) < 4.78 is 26.5. The lowest BCUT2D eigenvalue weighted by atomic mass is 10.2. The van der Waals surface area contributed by atoms with Crippen LogP contribution in [0.3, 0.4) is 0 Å². The van der Waals surface area contributed by atoms with Crippen molar-refractivity contribution in [3.05, 3.63) is 52.5 Å². The molecule has 3 N–H and O–H groups in total. The molecule has 2 rings (SSSR count). The van der Waals surface area contributed by atoms with Crippen LogP contribution >= 0.6 is 23.2 Å². The number of sulfonamides is 1. The molecule has 0 aromatic heterocycles. The highest BCUT2D eigenvalue weighted by atomic mass is 35.5. The Labute approximate surface area is 167 Å². The van der Waals surface area contributed by atoms with E-state index in [2.05, 4.69) is 5.32 Å². The molecule has 10 heteroatoms. The molecule has 0 aliphatic rings. The van der Waals surface area contributed by atoms with E-state index in [1.54, 1.807) is 24.3 Å². The van der Waals surface area contributed by atoms with Crippen LogP contribution in [0.5, 0.6) is 0 Å². The molecule has 2 amide bonds. The van der Waals surface area contributed by atoms with Crippen LogP contribution in [0.1, 0.15) is 6.92 Å². The minimum absolute atomic E-state index is 0.0279. The Kier molecular flexibility index (Phi) is 7.32.